The monoisotopic (exact) mass is 275 g/mol. The van der Waals surface area contributed by atoms with Crippen LogP contribution in [0.1, 0.15) is 37.4 Å². The molecule has 5 heteroatoms. The number of halogens is 3. The van der Waals surface area contributed by atoms with Gasteiger partial charge in [0.1, 0.15) is 0 Å². The first-order valence-electron chi connectivity index (χ1n) is 6.37. The molecule has 0 amide bonds. The van der Waals surface area contributed by atoms with Crippen LogP contribution < -0.4 is 5.32 Å². The van der Waals surface area contributed by atoms with Crippen LogP contribution in [0.25, 0.3) is 0 Å². The Bertz CT molecular complexity index is 389. The third kappa shape index (κ3) is 4.21. The number of ether oxygens (including phenoxy) is 1. The largest absolute Gasteiger partial charge is 0.416 e. The molecule has 1 aromatic carbocycles. The van der Waals surface area contributed by atoms with Crippen LogP contribution in [0.4, 0.5) is 13.2 Å². The highest BCUT2D eigenvalue weighted by Crippen LogP contribution is 2.31. The lowest BCUT2D eigenvalue weighted by Gasteiger charge is -2.26. The molecule has 1 rings (SSSR count). The maximum absolute atomic E-state index is 12.7. The lowest BCUT2D eigenvalue weighted by atomic mass is 9.97. The summed E-state index contributed by atoms with van der Waals surface area (Å²) in [5.74, 6) is 0. The van der Waals surface area contributed by atoms with Crippen molar-refractivity contribution >= 4 is 0 Å². The third-order valence-corrected chi connectivity index (χ3v) is 3.07. The molecule has 108 valence electrons. The first-order chi connectivity index (χ1) is 8.93. The average Bonchev–Trinajstić information content (AvgIpc) is 2.38. The van der Waals surface area contributed by atoms with Gasteiger partial charge >= 0.3 is 6.18 Å². The molecule has 0 radical (unpaired) electrons. The highest BCUT2D eigenvalue weighted by molar-refractivity contribution is 5.28. The molecular weight excluding hydrogens is 255 g/mol. The van der Waals surface area contributed by atoms with Gasteiger partial charge in [-0.1, -0.05) is 26.0 Å². The first-order valence-corrected chi connectivity index (χ1v) is 6.37. The number of nitrogens with one attached hydrogen (secondary N) is 1. The van der Waals surface area contributed by atoms with E-state index < -0.39 is 11.7 Å². The normalized spacial score (nSPS) is 15.3. The summed E-state index contributed by atoms with van der Waals surface area (Å²) in [6, 6.07) is 5.17. The fourth-order valence-electron chi connectivity index (χ4n) is 2.13. The molecule has 0 aliphatic heterocycles. The molecule has 0 bridgehead atoms. The van der Waals surface area contributed by atoms with Crippen LogP contribution in [-0.4, -0.2) is 19.8 Å². The Morgan fingerprint density at radius 2 is 1.95 bits per heavy atom. The van der Waals surface area contributed by atoms with Gasteiger partial charge in [0.15, 0.2) is 0 Å². The lowest BCUT2D eigenvalue weighted by Crippen LogP contribution is -2.33. The second-order valence-electron chi connectivity index (χ2n) is 4.34. The molecule has 2 atom stereocenters. The Morgan fingerprint density at radius 3 is 2.42 bits per heavy atom. The summed E-state index contributed by atoms with van der Waals surface area (Å²) >= 11 is 0. The van der Waals surface area contributed by atoms with E-state index in [1.807, 2.05) is 13.8 Å². The highest BCUT2D eigenvalue weighted by Gasteiger charge is 2.31. The van der Waals surface area contributed by atoms with Gasteiger partial charge in [0.05, 0.1) is 17.7 Å². The molecule has 2 unspecified atom stereocenters. The quantitative estimate of drug-likeness (QED) is 0.853. The molecule has 2 nitrogen and oxygen atoms in total. The molecule has 0 aromatic heterocycles. The van der Waals surface area contributed by atoms with Gasteiger partial charge in [-0.05, 0) is 30.7 Å². The summed E-state index contributed by atoms with van der Waals surface area (Å²) in [6.07, 6.45) is -3.74. The Labute approximate surface area is 112 Å². The summed E-state index contributed by atoms with van der Waals surface area (Å²) in [5.41, 5.74) is -0.0239. The van der Waals surface area contributed by atoms with Crippen molar-refractivity contribution in [3.63, 3.8) is 0 Å². The topological polar surface area (TPSA) is 21.3 Å². The van der Waals surface area contributed by atoms with Crippen LogP contribution >= 0.6 is 0 Å². The maximum Gasteiger partial charge on any atom is 0.416 e. The SMILES string of the molecule is CCNC(c1cccc(C(F)(F)F)c1)C(CC)OC. The second-order valence-corrected chi connectivity index (χ2v) is 4.34. The average molecular weight is 275 g/mol. The van der Waals surface area contributed by atoms with E-state index in [1.54, 1.807) is 13.2 Å². The van der Waals surface area contributed by atoms with Crippen molar-refractivity contribution < 1.29 is 17.9 Å². The maximum atomic E-state index is 12.7. The smallest absolute Gasteiger partial charge is 0.379 e. The van der Waals surface area contributed by atoms with Crippen LogP contribution in [0.15, 0.2) is 24.3 Å². The van der Waals surface area contributed by atoms with Crippen molar-refractivity contribution in [3.8, 4) is 0 Å². The summed E-state index contributed by atoms with van der Waals surface area (Å²) in [5, 5.41) is 3.19. The number of benzene rings is 1. The van der Waals surface area contributed by atoms with E-state index in [4.69, 9.17) is 4.74 Å². The zero-order valence-corrected chi connectivity index (χ0v) is 11.4. The van der Waals surface area contributed by atoms with Gasteiger partial charge in [0.25, 0.3) is 0 Å². The van der Waals surface area contributed by atoms with Gasteiger partial charge in [0, 0.05) is 7.11 Å². The fraction of sp³-hybridized carbons (Fsp3) is 0.571. The Balaban J connectivity index is 3.09. The van der Waals surface area contributed by atoms with Crippen molar-refractivity contribution in [2.45, 2.75) is 38.6 Å². The number of methoxy groups -OCH3 is 1. The molecular formula is C14H20F3NO. The van der Waals surface area contributed by atoms with E-state index in [0.29, 0.717) is 12.1 Å². The van der Waals surface area contributed by atoms with Gasteiger partial charge in [-0.25, -0.2) is 0 Å². The third-order valence-electron chi connectivity index (χ3n) is 3.07. The van der Waals surface area contributed by atoms with Crippen molar-refractivity contribution in [1.82, 2.24) is 5.32 Å². The summed E-state index contributed by atoms with van der Waals surface area (Å²) in [4.78, 5) is 0. The Kier molecular flexibility index (Phi) is 5.82. The van der Waals surface area contributed by atoms with Crippen molar-refractivity contribution in [2.75, 3.05) is 13.7 Å². The molecule has 19 heavy (non-hydrogen) atoms. The predicted octanol–water partition coefficient (Wildman–Crippen LogP) is 3.78. The minimum atomic E-state index is -4.32. The highest BCUT2D eigenvalue weighted by atomic mass is 19.4. The van der Waals surface area contributed by atoms with Crippen molar-refractivity contribution in [1.29, 1.82) is 0 Å². The van der Waals surface area contributed by atoms with Crippen LogP contribution in [0, 0.1) is 0 Å². The number of hydrogen-bond acceptors (Lipinski definition) is 2. The number of likely N-dealkylation sites (N-methyl/N-ethyl adjacent to an activating group) is 1. The van der Waals surface area contributed by atoms with Gasteiger partial charge in [-0.2, -0.15) is 13.2 Å². The summed E-state index contributed by atoms with van der Waals surface area (Å²) in [7, 11) is 1.58. The van der Waals surface area contributed by atoms with Crippen LogP contribution in [0.5, 0.6) is 0 Å². The van der Waals surface area contributed by atoms with E-state index in [1.165, 1.54) is 12.1 Å². The number of alkyl halides is 3. The summed E-state index contributed by atoms with van der Waals surface area (Å²) < 4.78 is 43.5. The van der Waals surface area contributed by atoms with Crippen molar-refractivity contribution in [2.24, 2.45) is 0 Å². The lowest BCUT2D eigenvalue weighted by molar-refractivity contribution is -0.137. The predicted molar refractivity (Wildman–Crippen MR) is 68.9 cm³/mol. The molecule has 0 heterocycles. The molecule has 0 spiro atoms. The van der Waals surface area contributed by atoms with Gasteiger partial charge in [0.2, 0.25) is 0 Å². The number of rotatable bonds is 6. The van der Waals surface area contributed by atoms with Crippen LogP contribution in [0.2, 0.25) is 0 Å². The molecule has 0 aliphatic carbocycles. The zero-order chi connectivity index (χ0) is 14.5. The molecule has 0 saturated heterocycles. The standard InChI is InChI=1S/C14H20F3NO/c1-4-12(19-3)13(18-5-2)10-7-6-8-11(9-10)14(15,16)17/h6-9,12-13,18H,4-5H2,1-3H3. The fourth-order valence-corrected chi connectivity index (χ4v) is 2.13. The Morgan fingerprint density at radius 1 is 1.26 bits per heavy atom. The molecule has 1 N–H and O–H groups in total. The summed E-state index contributed by atoms with van der Waals surface area (Å²) in [6.45, 7) is 4.54. The molecule has 0 saturated carbocycles. The van der Waals surface area contributed by atoms with E-state index >= 15 is 0 Å². The number of hydrogen-bond donors (Lipinski definition) is 1. The zero-order valence-electron chi connectivity index (χ0n) is 11.4. The van der Waals surface area contributed by atoms with Gasteiger partial charge < -0.3 is 10.1 Å². The van der Waals surface area contributed by atoms with E-state index in [2.05, 4.69) is 5.32 Å². The first kappa shape index (κ1) is 16.0. The molecule has 0 aliphatic rings. The minimum absolute atomic E-state index is 0.150. The van der Waals surface area contributed by atoms with Crippen LogP contribution in [0.3, 0.4) is 0 Å². The van der Waals surface area contributed by atoms with Gasteiger partial charge in [-0.15, -0.1) is 0 Å². The molecule has 0 fully saturated rings. The minimum Gasteiger partial charge on any atom is -0.379 e. The Hall–Kier alpha value is -1.07. The van der Waals surface area contributed by atoms with Crippen molar-refractivity contribution in [3.05, 3.63) is 35.4 Å². The van der Waals surface area contributed by atoms with Gasteiger partial charge in [-0.3, -0.25) is 0 Å². The van der Waals surface area contributed by atoms with E-state index in [9.17, 15) is 13.2 Å². The van der Waals surface area contributed by atoms with E-state index in [-0.39, 0.29) is 12.1 Å². The molecule has 1 aromatic rings. The van der Waals surface area contributed by atoms with E-state index in [0.717, 1.165) is 12.5 Å². The second kappa shape index (κ2) is 6.91. The van der Waals surface area contributed by atoms with Crippen LogP contribution in [-0.2, 0) is 10.9 Å².